The van der Waals surface area contributed by atoms with Crippen LogP contribution in [0.15, 0.2) is 35.2 Å². The predicted octanol–water partition coefficient (Wildman–Crippen LogP) is 4.68. The van der Waals surface area contributed by atoms with Gasteiger partial charge in [0.15, 0.2) is 9.84 Å². The summed E-state index contributed by atoms with van der Waals surface area (Å²) >= 11 is 5.71. The van der Waals surface area contributed by atoms with Crippen molar-refractivity contribution >= 4 is 27.4 Å². The number of hydrogen-bond acceptors (Lipinski definition) is 5. The minimum Gasteiger partial charge on any atom is -0.461 e. The largest absolute Gasteiger partial charge is 0.461 e. The number of esters is 1. The Morgan fingerprint density at radius 1 is 1.22 bits per heavy atom. The van der Waals surface area contributed by atoms with E-state index >= 15 is 0 Å². The topological polar surface area (TPSA) is 69.7 Å². The highest BCUT2D eigenvalue weighted by atomic mass is 35.5. The lowest BCUT2D eigenvalue weighted by Gasteiger charge is -2.18. The molecule has 10 heteroatoms. The van der Waals surface area contributed by atoms with Crippen molar-refractivity contribution in [3.63, 3.8) is 0 Å². The first-order valence-corrected chi connectivity index (χ1v) is 9.67. The van der Waals surface area contributed by atoms with Crippen LogP contribution >= 0.6 is 11.6 Å². The van der Waals surface area contributed by atoms with Gasteiger partial charge in [0.25, 0.3) is 6.43 Å². The molecule has 27 heavy (non-hydrogen) atoms. The molecule has 0 bridgehead atoms. The molecule has 0 heterocycles. The van der Waals surface area contributed by atoms with Crippen molar-refractivity contribution in [2.45, 2.75) is 24.9 Å². The first kappa shape index (κ1) is 21.0. The van der Waals surface area contributed by atoms with Crippen LogP contribution in [0.1, 0.15) is 24.5 Å². The molecule has 0 saturated carbocycles. The Labute approximate surface area is 158 Å². The summed E-state index contributed by atoms with van der Waals surface area (Å²) in [7, 11) is -3.90. The van der Waals surface area contributed by atoms with E-state index in [-0.39, 0.29) is 10.8 Å². The molecule has 0 aromatic heterocycles. The molecule has 0 unspecified atom stereocenters. The van der Waals surface area contributed by atoms with Gasteiger partial charge in [-0.15, -0.1) is 0 Å². The van der Waals surface area contributed by atoms with E-state index in [9.17, 15) is 26.4 Å². The minimum absolute atomic E-state index is 0.0171. The van der Waals surface area contributed by atoms with Crippen LogP contribution in [-0.4, -0.2) is 20.6 Å². The van der Waals surface area contributed by atoms with Gasteiger partial charge in [-0.3, -0.25) is 4.79 Å². The number of benzene rings is 2. The highest BCUT2D eigenvalue weighted by Crippen LogP contribution is 2.39. The maximum absolute atomic E-state index is 13.7. The molecule has 0 fully saturated rings. The van der Waals surface area contributed by atoms with Gasteiger partial charge in [0.2, 0.25) is 0 Å². The maximum atomic E-state index is 13.7. The summed E-state index contributed by atoms with van der Waals surface area (Å²) in [6.45, 7) is 0.357. The van der Waals surface area contributed by atoms with Gasteiger partial charge in [0.1, 0.15) is 23.9 Å². The van der Waals surface area contributed by atoms with E-state index in [1.54, 1.807) is 0 Å². The molecule has 0 N–H and O–H groups in total. The number of ether oxygens (including phenoxy) is 2. The minimum atomic E-state index is -3.90. The van der Waals surface area contributed by atoms with Crippen molar-refractivity contribution in [1.29, 1.82) is 0 Å². The number of rotatable bonds is 6. The van der Waals surface area contributed by atoms with E-state index in [0.717, 1.165) is 37.4 Å². The van der Waals surface area contributed by atoms with Gasteiger partial charge >= 0.3 is 5.97 Å². The SMILES string of the molecule is CC(=O)OCc1c(S(C)(=O)=O)ccc(Oc2cc(F)cc(Cl)c2)c1C(F)F. The van der Waals surface area contributed by atoms with E-state index in [1.165, 1.54) is 6.07 Å². The maximum Gasteiger partial charge on any atom is 0.302 e. The summed E-state index contributed by atoms with van der Waals surface area (Å²) < 4.78 is 74.8. The average Bonchev–Trinajstić information content (AvgIpc) is 2.50. The second-order valence-corrected chi connectivity index (χ2v) is 7.93. The Kier molecular flexibility index (Phi) is 6.38. The summed E-state index contributed by atoms with van der Waals surface area (Å²) in [5.41, 5.74) is -1.19. The lowest BCUT2D eigenvalue weighted by atomic mass is 10.1. The van der Waals surface area contributed by atoms with E-state index in [4.69, 9.17) is 21.1 Å². The molecular formula is C17H14ClF3O5S. The Balaban J connectivity index is 2.63. The molecule has 146 valence electrons. The number of carbonyl (C=O) groups excluding carboxylic acids is 1. The van der Waals surface area contributed by atoms with Crippen molar-refractivity contribution in [2.24, 2.45) is 0 Å². The van der Waals surface area contributed by atoms with Crippen LogP contribution in [0.25, 0.3) is 0 Å². The van der Waals surface area contributed by atoms with Gasteiger partial charge in [-0.05, 0) is 24.3 Å². The second kappa shape index (κ2) is 8.18. The molecule has 0 aliphatic rings. The number of carbonyl (C=O) groups is 1. The van der Waals surface area contributed by atoms with Gasteiger partial charge in [-0.25, -0.2) is 21.6 Å². The molecule has 2 aromatic rings. The van der Waals surface area contributed by atoms with E-state index in [2.05, 4.69) is 0 Å². The lowest BCUT2D eigenvalue weighted by Crippen LogP contribution is -2.11. The normalized spacial score (nSPS) is 11.5. The zero-order valence-corrected chi connectivity index (χ0v) is 15.7. The molecule has 0 saturated heterocycles. The Bertz CT molecular complexity index is 957. The molecule has 0 radical (unpaired) electrons. The fourth-order valence-electron chi connectivity index (χ4n) is 2.34. The second-order valence-electron chi connectivity index (χ2n) is 5.51. The smallest absolute Gasteiger partial charge is 0.302 e. The molecule has 0 atom stereocenters. The Morgan fingerprint density at radius 3 is 2.41 bits per heavy atom. The zero-order valence-electron chi connectivity index (χ0n) is 14.1. The highest BCUT2D eigenvalue weighted by molar-refractivity contribution is 7.90. The molecule has 0 amide bonds. The number of alkyl halides is 2. The van der Waals surface area contributed by atoms with Crippen LogP contribution < -0.4 is 4.74 Å². The monoisotopic (exact) mass is 422 g/mol. The van der Waals surface area contributed by atoms with Gasteiger partial charge in [-0.1, -0.05) is 11.6 Å². The number of hydrogen-bond donors (Lipinski definition) is 0. The van der Waals surface area contributed by atoms with Crippen molar-refractivity contribution in [3.05, 3.63) is 52.3 Å². The number of halogens is 4. The number of sulfone groups is 1. The van der Waals surface area contributed by atoms with Crippen molar-refractivity contribution in [3.8, 4) is 11.5 Å². The summed E-state index contributed by atoms with van der Waals surface area (Å²) in [6.07, 6.45) is -2.32. The van der Waals surface area contributed by atoms with Gasteiger partial charge in [0, 0.05) is 29.8 Å². The molecular weight excluding hydrogens is 409 g/mol. The fourth-order valence-corrected chi connectivity index (χ4v) is 3.48. The standard InChI is InChI=1S/C17H14ClF3O5S/c1-9(22)25-8-13-15(27(2,23)24)4-3-14(16(13)17(20)21)26-12-6-10(18)5-11(19)7-12/h3-7,17H,8H2,1-2H3. The Hall–Kier alpha value is -2.26. The van der Waals surface area contributed by atoms with Gasteiger partial charge < -0.3 is 9.47 Å². The molecule has 2 rings (SSSR count). The van der Waals surface area contributed by atoms with Gasteiger partial charge in [-0.2, -0.15) is 0 Å². The van der Waals surface area contributed by atoms with E-state index in [0.29, 0.717) is 0 Å². The van der Waals surface area contributed by atoms with Crippen LogP contribution in [0.3, 0.4) is 0 Å². The first-order valence-electron chi connectivity index (χ1n) is 7.40. The predicted molar refractivity (Wildman–Crippen MR) is 91.5 cm³/mol. The molecule has 5 nitrogen and oxygen atoms in total. The van der Waals surface area contributed by atoms with Crippen molar-refractivity contribution in [1.82, 2.24) is 0 Å². The molecule has 0 spiro atoms. The summed E-state index contributed by atoms with van der Waals surface area (Å²) in [5, 5.41) is -0.0171. The quantitative estimate of drug-likeness (QED) is 0.632. The average molecular weight is 423 g/mol. The summed E-state index contributed by atoms with van der Waals surface area (Å²) in [6, 6.07) is 5.21. The van der Waals surface area contributed by atoms with Crippen LogP contribution in [0.4, 0.5) is 13.2 Å². The zero-order chi connectivity index (χ0) is 20.4. The van der Waals surface area contributed by atoms with E-state index in [1.807, 2.05) is 0 Å². The molecule has 0 aliphatic heterocycles. The summed E-state index contributed by atoms with van der Waals surface area (Å²) in [4.78, 5) is 10.6. The third-order valence-electron chi connectivity index (χ3n) is 3.38. The molecule has 0 aliphatic carbocycles. The Morgan fingerprint density at radius 2 is 1.89 bits per heavy atom. The third-order valence-corrected chi connectivity index (χ3v) is 4.78. The highest BCUT2D eigenvalue weighted by Gasteiger charge is 2.27. The van der Waals surface area contributed by atoms with Crippen molar-refractivity contribution in [2.75, 3.05) is 6.26 Å². The van der Waals surface area contributed by atoms with Gasteiger partial charge in [0.05, 0.1) is 10.5 Å². The first-order chi connectivity index (χ1) is 12.5. The summed E-state index contributed by atoms with van der Waals surface area (Å²) in [5.74, 6) is -2.10. The van der Waals surface area contributed by atoms with Crippen LogP contribution in [0, 0.1) is 5.82 Å². The van der Waals surface area contributed by atoms with Crippen molar-refractivity contribution < 1.29 is 35.9 Å². The van der Waals surface area contributed by atoms with Crippen LogP contribution in [-0.2, 0) is 26.0 Å². The third kappa shape index (κ3) is 5.36. The fraction of sp³-hybridized carbons (Fsp3) is 0.235. The molecule has 2 aromatic carbocycles. The van der Waals surface area contributed by atoms with E-state index < -0.39 is 56.4 Å². The lowest BCUT2D eigenvalue weighted by molar-refractivity contribution is -0.142. The van der Waals surface area contributed by atoms with Crippen LogP contribution in [0.5, 0.6) is 11.5 Å². The van der Waals surface area contributed by atoms with Crippen LogP contribution in [0.2, 0.25) is 5.02 Å².